The van der Waals surface area contributed by atoms with Crippen LogP contribution in [0.15, 0.2) is 61.1 Å². The van der Waals surface area contributed by atoms with Gasteiger partial charge in [-0.2, -0.15) is 5.10 Å². The minimum absolute atomic E-state index is 0.150. The number of rotatable bonds is 4. The van der Waals surface area contributed by atoms with Crippen LogP contribution in [-0.2, 0) is 5.41 Å². The third-order valence-electron chi connectivity index (χ3n) is 5.46. The summed E-state index contributed by atoms with van der Waals surface area (Å²) in [6.45, 7) is 0. The van der Waals surface area contributed by atoms with Crippen LogP contribution in [-0.4, -0.2) is 30.1 Å². The number of aromatic nitrogens is 6. The Morgan fingerprint density at radius 3 is 2.29 bits per heavy atom. The first kappa shape index (κ1) is 16.6. The molecule has 1 aromatic carbocycles. The van der Waals surface area contributed by atoms with E-state index in [-0.39, 0.29) is 11.4 Å². The summed E-state index contributed by atoms with van der Waals surface area (Å²) in [5.74, 6) is 1.89. The van der Waals surface area contributed by atoms with E-state index in [1.807, 2.05) is 42.6 Å². The van der Waals surface area contributed by atoms with Crippen molar-refractivity contribution in [1.29, 1.82) is 0 Å². The van der Waals surface area contributed by atoms with E-state index in [9.17, 15) is 0 Å². The molecule has 0 radical (unpaired) electrons. The molecule has 3 N–H and O–H groups in total. The van der Waals surface area contributed by atoms with Gasteiger partial charge in [0.05, 0.1) is 11.1 Å². The molecule has 5 rings (SSSR count). The number of nitrogens with two attached hydrogens (primary N) is 1. The summed E-state index contributed by atoms with van der Waals surface area (Å²) in [6.07, 6.45) is 8.52. The van der Waals surface area contributed by atoms with Crippen molar-refractivity contribution in [3.63, 3.8) is 0 Å². The van der Waals surface area contributed by atoms with E-state index < -0.39 is 0 Å². The second-order valence-corrected chi connectivity index (χ2v) is 7.07. The van der Waals surface area contributed by atoms with Crippen LogP contribution in [0.5, 0.6) is 0 Å². The molecule has 0 spiro atoms. The summed E-state index contributed by atoms with van der Waals surface area (Å²) in [5.41, 5.74) is 9.23. The Hall–Kier alpha value is -3.61. The first-order valence-corrected chi connectivity index (χ1v) is 9.27. The molecular formula is C21H19N7. The van der Waals surface area contributed by atoms with Crippen LogP contribution >= 0.6 is 0 Å². The second-order valence-electron chi connectivity index (χ2n) is 7.07. The molecule has 0 saturated heterocycles. The number of pyridine rings is 1. The molecule has 7 nitrogen and oxygen atoms in total. The van der Waals surface area contributed by atoms with Gasteiger partial charge in [-0.1, -0.05) is 42.8 Å². The molecule has 0 bridgehead atoms. The first-order valence-electron chi connectivity index (χ1n) is 9.27. The van der Waals surface area contributed by atoms with Crippen molar-refractivity contribution in [2.75, 3.05) is 5.73 Å². The molecule has 138 valence electrons. The number of nitrogen functional groups attached to an aromatic ring is 1. The van der Waals surface area contributed by atoms with Crippen LogP contribution in [0.4, 0.5) is 5.95 Å². The van der Waals surface area contributed by atoms with Crippen molar-refractivity contribution in [2.24, 2.45) is 0 Å². The highest BCUT2D eigenvalue weighted by molar-refractivity contribution is 5.58. The van der Waals surface area contributed by atoms with Crippen LogP contribution in [0, 0.1) is 0 Å². The Labute approximate surface area is 162 Å². The molecule has 7 heteroatoms. The van der Waals surface area contributed by atoms with E-state index in [1.54, 1.807) is 12.4 Å². The summed E-state index contributed by atoms with van der Waals surface area (Å²) >= 11 is 0. The molecule has 0 aliphatic heterocycles. The molecule has 3 aromatic heterocycles. The molecule has 28 heavy (non-hydrogen) atoms. The molecule has 1 fully saturated rings. The molecule has 4 aromatic rings. The third kappa shape index (κ3) is 2.72. The van der Waals surface area contributed by atoms with E-state index >= 15 is 0 Å². The van der Waals surface area contributed by atoms with Crippen molar-refractivity contribution < 1.29 is 0 Å². The lowest BCUT2D eigenvalue weighted by molar-refractivity contribution is 0.285. The Morgan fingerprint density at radius 2 is 1.64 bits per heavy atom. The average Bonchev–Trinajstić information content (AvgIpc) is 3.19. The van der Waals surface area contributed by atoms with Crippen molar-refractivity contribution in [3.05, 3.63) is 72.4 Å². The van der Waals surface area contributed by atoms with Gasteiger partial charge >= 0.3 is 0 Å². The number of hydrogen-bond donors (Lipinski definition) is 2. The largest absolute Gasteiger partial charge is 0.368 e. The highest BCUT2D eigenvalue weighted by atomic mass is 15.2. The standard InChI is InChI=1S/C21H19N7/c22-20-24-11-15(12-25-20)17-8-7-16(13-23-17)21(9-4-10-21)19-26-18(27-28-19)14-5-2-1-3-6-14/h1-3,5-8,11-13H,4,9-10H2,(H2,22,24,25)(H,26,27,28). The lowest BCUT2D eigenvalue weighted by atomic mass is 9.64. The SMILES string of the molecule is Nc1ncc(-c2ccc(C3(c4nc(-c5ccccc5)n[nH]4)CCC3)cn2)cn1. The minimum atomic E-state index is -0.150. The maximum atomic E-state index is 5.56. The molecule has 1 aliphatic rings. The molecule has 0 unspecified atom stereocenters. The van der Waals surface area contributed by atoms with Gasteiger partial charge in [-0.05, 0) is 24.5 Å². The van der Waals surface area contributed by atoms with Crippen LogP contribution in [0.25, 0.3) is 22.6 Å². The fraction of sp³-hybridized carbons (Fsp3) is 0.190. The van der Waals surface area contributed by atoms with Crippen LogP contribution in [0.1, 0.15) is 30.7 Å². The number of nitrogens with one attached hydrogen (secondary N) is 1. The maximum Gasteiger partial charge on any atom is 0.219 e. The number of benzene rings is 1. The molecule has 0 amide bonds. The van der Waals surface area contributed by atoms with E-state index in [0.29, 0.717) is 0 Å². The summed E-state index contributed by atoms with van der Waals surface area (Å²) in [6, 6.07) is 14.1. The Bertz CT molecular complexity index is 1080. The summed E-state index contributed by atoms with van der Waals surface area (Å²) < 4.78 is 0. The fourth-order valence-corrected chi connectivity index (χ4v) is 3.70. The summed E-state index contributed by atoms with van der Waals surface area (Å²) in [7, 11) is 0. The van der Waals surface area contributed by atoms with E-state index in [4.69, 9.17) is 10.7 Å². The Balaban J connectivity index is 1.47. The van der Waals surface area contributed by atoms with E-state index in [2.05, 4.69) is 31.2 Å². The predicted molar refractivity (Wildman–Crippen MR) is 106 cm³/mol. The molecule has 1 aliphatic carbocycles. The van der Waals surface area contributed by atoms with Crippen LogP contribution < -0.4 is 5.73 Å². The average molecular weight is 369 g/mol. The van der Waals surface area contributed by atoms with Crippen molar-refractivity contribution in [3.8, 4) is 22.6 Å². The van der Waals surface area contributed by atoms with Crippen molar-refractivity contribution >= 4 is 5.95 Å². The smallest absolute Gasteiger partial charge is 0.219 e. The quantitative estimate of drug-likeness (QED) is 0.571. The zero-order chi connectivity index (χ0) is 19.0. The normalized spacial score (nSPS) is 15.1. The monoisotopic (exact) mass is 369 g/mol. The molecular weight excluding hydrogens is 350 g/mol. The van der Waals surface area contributed by atoms with Gasteiger partial charge in [-0.25, -0.2) is 15.0 Å². The van der Waals surface area contributed by atoms with Gasteiger partial charge in [0.25, 0.3) is 0 Å². The van der Waals surface area contributed by atoms with Gasteiger partial charge in [-0.15, -0.1) is 0 Å². The summed E-state index contributed by atoms with van der Waals surface area (Å²) in [5, 5.41) is 7.62. The van der Waals surface area contributed by atoms with Crippen LogP contribution in [0.3, 0.4) is 0 Å². The number of anilines is 1. The Kier molecular flexibility index (Phi) is 3.86. The Morgan fingerprint density at radius 1 is 0.857 bits per heavy atom. The second kappa shape index (κ2) is 6.53. The number of nitrogens with zero attached hydrogens (tertiary/aromatic N) is 5. The van der Waals surface area contributed by atoms with E-state index in [1.165, 1.54) is 0 Å². The fourth-order valence-electron chi connectivity index (χ4n) is 3.70. The molecule has 3 heterocycles. The molecule has 0 atom stereocenters. The topological polar surface area (TPSA) is 106 Å². The van der Waals surface area contributed by atoms with Crippen LogP contribution in [0.2, 0.25) is 0 Å². The summed E-state index contributed by atoms with van der Waals surface area (Å²) in [4.78, 5) is 17.5. The van der Waals surface area contributed by atoms with Gasteiger partial charge in [0.2, 0.25) is 5.95 Å². The van der Waals surface area contributed by atoms with Gasteiger partial charge in [0.15, 0.2) is 5.82 Å². The van der Waals surface area contributed by atoms with Crippen molar-refractivity contribution in [1.82, 2.24) is 30.1 Å². The van der Waals surface area contributed by atoms with Crippen molar-refractivity contribution in [2.45, 2.75) is 24.7 Å². The highest BCUT2D eigenvalue weighted by Gasteiger charge is 2.43. The highest BCUT2D eigenvalue weighted by Crippen LogP contribution is 2.47. The third-order valence-corrected chi connectivity index (χ3v) is 5.46. The first-order chi connectivity index (χ1) is 13.7. The number of H-pyrrole nitrogens is 1. The van der Waals surface area contributed by atoms with E-state index in [0.717, 1.165) is 53.3 Å². The number of aromatic amines is 1. The van der Waals surface area contributed by atoms with Gasteiger partial charge in [0, 0.05) is 29.7 Å². The molecule has 1 saturated carbocycles. The zero-order valence-electron chi connectivity index (χ0n) is 15.2. The minimum Gasteiger partial charge on any atom is -0.368 e. The van der Waals surface area contributed by atoms with Gasteiger partial charge < -0.3 is 5.73 Å². The lowest BCUT2D eigenvalue weighted by Crippen LogP contribution is -2.36. The lowest BCUT2D eigenvalue weighted by Gasteiger charge is -2.40. The van der Waals surface area contributed by atoms with Gasteiger partial charge in [0.1, 0.15) is 5.82 Å². The van der Waals surface area contributed by atoms with Gasteiger partial charge in [-0.3, -0.25) is 10.1 Å². The maximum absolute atomic E-state index is 5.56. The zero-order valence-corrected chi connectivity index (χ0v) is 15.2. The predicted octanol–water partition coefficient (Wildman–Crippen LogP) is 3.38. The number of hydrogen-bond acceptors (Lipinski definition) is 6.